The van der Waals surface area contributed by atoms with E-state index in [4.69, 9.17) is 9.84 Å². The summed E-state index contributed by atoms with van der Waals surface area (Å²) in [5.74, 6) is -1.10. The maximum atomic E-state index is 11.7. The van der Waals surface area contributed by atoms with Crippen LogP contribution in [0.4, 0.5) is 4.79 Å². The molecule has 1 saturated carbocycles. The van der Waals surface area contributed by atoms with Crippen LogP contribution in [-0.2, 0) is 9.53 Å². The van der Waals surface area contributed by atoms with Crippen molar-refractivity contribution in [3.63, 3.8) is 0 Å². The van der Waals surface area contributed by atoms with Gasteiger partial charge in [0, 0.05) is 19.2 Å². The number of rotatable bonds is 8. The van der Waals surface area contributed by atoms with Crippen LogP contribution in [0.1, 0.15) is 40.0 Å². The molecule has 0 heterocycles. The first-order valence-corrected chi connectivity index (χ1v) is 7.31. The van der Waals surface area contributed by atoms with Gasteiger partial charge in [0.05, 0.1) is 12.0 Å². The van der Waals surface area contributed by atoms with Crippen LogP contribution in [0.2, 0.25) is 0 Å². The second kappa shape index (κ2) is 8.09. The number of hydrogen-bond donors (Lipinski definition) is 3. The number of hydrogen-bond acceptors (Lipinski definition) is 3. The van der Waals surface area contributed by atoms with Crippen molar-refractivity contribution in [1.82, 2.24) is 10.6 Å². The summed E-state index contributed by atoms with van der Waals surface area (Å²) in [6.45, 7) is 6.75. The topological polar surface area (TPSA) is 87.7 Å². The summed E-state index contributed by atoms with van der Waals surface area (Å²) in [6, 6.07) is -0.153. The zero-order chi connectivity index (χ0) is 15.1. The molecule has 0 radical (unpaired) electrons. The van der Waals surface area contributed by atoms with Crippen molar-refractivity contribution in [2.45, 2.75) is 52.2 Å². The van der Waals surface area contributed by atoms with E-state index in [1.807, 2.05) is 20.8 Å². The molecule has 6 heteroatoms. The van der Waals surface area contributed by atoms with E-state index < -0.39 is 11.9 Å². The first kappa shape index (κ1) is 16.8. The molecule has 0 aliphatic heterocycles. The third kappa shape index (κ3) is 5.77. The maximum Gasteiger partial charge on any atom is 0.315 e. The van der Waals surface area contributed by atoms with E-state index in [9.17, 15) is 9.59 Å². The fourth-order valence-electron chi connectivity index (χ4n) is 2.35. The SMILES string of the molecule is CCOC1CC(NC(=O)NCC(CC(C)C)C(=O)O)C1. The molecular formula is C14H26N2O4. The molecule has 3 N–H and O–H groups in total. The number of aliphatic carboxylic acids is 1. The zero-order valence-electron chi connectivity index (χ0n) is 12.5. The van der Waals surface area contributed by atoms with Crippen molar-refractivity contribution in [2.75, 3.05) is 13.2 Å². The summed E-state index contributed by atoms with van der Waals surface area (Å²) in [5.41, 5.74) is 0. The lowest BCUT2D eigenvalue weighted by Gasteiger charge is -2.35. The molecule has 20 heavy (non-hydrogen) atoms. The van der Waals surface area contributed by atoms with Crippen molar-refractivity contribution in [2.24, 2.45) is 11.8 Å². The Morgan fingerprint density at radius 3 is 2.50 bits per heavy atom. The Hall–Kier alpha value is -1.30. The molecule has 1 aliphatic rings. The van der Waals surface area contributed by atoms with Crippen LogP contribution in [0.15, 0.2) is 0 Å². The van der Waals surface area contributed by atoms with Crippen LogP contribution < -0.4 is 10.6 Å². The molecule has 1 unspecified atom stereocenters. The van der Waals surface area contributed by atoms with Gasteiger partial charge >= 0.3 is 12.0 Å². The van der Waals surface area contributed by atoms with Crippen LogP contribution >= 0.6 is 0 Å². The van der Waals surface area contributed by atoms with Crippen LogP contribution in [0.25, 0.3) is 0 Å². The van der Waals surface area contributed by atoms with Gasteiger partial charge in [-0.1, -0.05) is 13.8 Å². The highest BCUT2D eigenvalue weighted by atomic mass is 16.5. The molecule has 0 saturated heterocycles. The Labute approximate surface area is 120 Å². The third-order valence-electron chi connectivity index (χ3n) is 3.45. The number of carboxylic acids is 1. The van der Waals surface area contributed by atoms with Crippen molar-refractivity contribution < 1.29 is 19.4 Å². The molecule has 0 bridgehead atoms. The minimum Gasteiger partial charge on any atom is -0.481 e. The average Bonchev–Trinajstić information content (AvgIpc) is 2.31. The van der Waals surface area contributed by atoms with Gasteiger partial charge in [-0.15, -0.1) is 0 Å². The predicted octanol–water partition coefficient (Wildman–Crippen LogP) is 1.60. The molecule has 0 aromatic carbocycles. The van der Waals surface area contributed by atoms with E-state index in [0.717, 1.165) is 12.8 Å². The molecule has 1 fully saturated rings. The number of nitrogens with one attached hydrogen (secondary N) is 2. The zero-order valence-corrected chi connectivity index (χ0v) is 12.5. The summed E-state index contributed by atoms with van der Waals surface area (Å²) in [6.07, 6.45) is 2.47. The highest BCUT2D eigenvalue weighted by Gasteiger charge is 2.30. The summed E-state index contributed by atoms with van der Waals surface area (Å²) in [7, 11) is 0. The molecule has 0 aromatic heterocycles. The van der Waals surface area contributed by atoms with Crippen LogP contribution in [0.5, 0.6) is 0 Å². The Kier molecular flexibility index (Phi) is 6.78. The number of amides is 2. The van der Waals surface area contributed by atoms with Crippen LogP contribution in [0, 0.1) is 11.8 Å². The quantitative estimate of drug-likeness (QED) is 0.632. The third-order valence-corrected chi connectivity index (χ3v) is 3.45. The van der Waals surface area contributed by atoms with Gasteiger partial charge in [0.2, 0.25) is 0 Å². The second-order valence-electron chi connectivity index (χ2n) is 5.76. The standard InChI is InChI=1S/C14H26N2O4/c1-4-20-12-6-11(7-12)16-14(19)15-8-10(13(17)18)5-9(2)3/h9-12H,4-8H2,1-3H3,(H,17,18)(H2,15,16,19). The Bertz CT molecular complexity index is 327. The Balaban J connectivity index is 2.20. The smallest absolute Gasteiger partial charge is 0.315 e. The van der Waals surface area contributed by atoms with E-state index in [1.54, 1.807) is 0 Å². The fraction of sp³-hybridized carbons (Fsp3) is 0.857. The summed E-state index contributed by atoms with van der Waals surface area (Å²) < 4.78 is 5.41. The van der Waals surface area contributed by atoms with Gasteiger partial charge in [0.1, 0.15) is 0 Å². The second-order valence-corrected chi connectivity index (χ2v) is 5.76. The summed E-state index contributed by atoms with van der Waals surface area (Å²) in [4.78, 5) is 22.7. The monoisotopic (exact) mass is 286 g/mol. The van der Waals surface area contributed by atoms with Crippen molar-refractivity contribution in [3.05, 3.63) is 0 Å². The van der Waals surface area contributed by atoms with Gasteiger partial charge in [0.25, 0.3) is 0 Å². The van der Waals surface area contributed by atoms with Gasteiger partial charge in [-0.2, -0.15) is 0 Å². The molecule has 0 spiro atoms. The molecule has 6 nitrogen and oxygen atoms in total. The number of carbonyl (C=O) groups is 2. The van der Waals surface area contributed by atoms with Crippen molar-refractivity contribution >= 4 is 12.0 Å². The van der Waals surface area contributed by atoms with Crippen molar-refractivity contribution in [1.29, 1.82) is 0 Å². The van der Waals surface area contributed by atoms with Crippen LogP contribution in [-0.4, -0.2) is 42.4 Å². The highest BCUT2D eigenvalue weighted by Crippen LogP contribution is 2.22. The number of ether oxygens (including phenoxy) is 1. The van der Waals surface area contributed by atoms with E-state index in [1.165, 1.54) is 0 Å². The Morgan fingerprint density at radius 1 is 1.35 bits per heavy atom. The normalized spacial score (nSPS) is 23.0. The molecule has 1 rings (SSSR count). The van der Waals surface area contributed by atoms with Crippen LogP contribution in [0.3, 0.4) is 0 Å². The predicted molar refractivity (Wildman–Crippen MR) is 75.6 cm³/mol. The lowest BCUT2D eigenvalue weighted by Crippen LogP contribution is -2.51. The van der Waals surface area contributed by atoms with Gasteiger partial charge in [-0.05, 0) is 32.1 Å². The van der Waals surface area contributed by atoms with Gasteiger partial charge < -0.3 is 20.5 Å². The molecule has 2 amide bonds. The minimum atomic E-state index is -0.862. The molecule has 116 valence electrons. The Morgan fingerprint density at radius 2 is 2.00 bits per heavy atom. The van der Waals surface area contributed by atoms with Gasteiger partial charge in [-0.3, -0.25) is 4.79 Å². The number of carboxylic acid groups (broad SMARTS) is 1. The number of urea groups is 1. The molecular weight excluding hydrogens is 260 g/mol. The summed E-state index contributed by atoms with van der Waals surface area (Å²) >= 11 is 0. The van der Waals surface area contributed by atoms with Gasteiger partial charge in [-0.25, -0.2) is 4.79 Å². The van der Waals surface area contributed by atoms with Crippen molar-refractivity contribution in [3.8, 4) is 0 Å². The first-order chi connectivity index (χ1) is 9.42. The fourth-order valence-corrected chi connectivity index (χ4v) is 2.35. The first-order valence-electron chi connectivity index (χ1n) is 7.31. The van der Waals surface area contributed by atoms with Gasteiger partial charge in [0.15, 0.2) is 0 Å². The van der Waals surface area contributed by atoms with E-state index >= 15 is 0 Å². The number of carbonyl (C=O) groups excluding carboxylic acids is 1. The van der Waals surface area contributed by atoms with E-state index in [2.05, 4.69) is 10.6 Å². The van der Waals surface area contributed by atoms with E-state index in [0.29, 0.717) is 18.9 Å². The lowest BCUT2D eigenvalue weighted by atomic mass is 9.89. The molecule has 1 atom stereocenters. The molecule has 1 aliphatic carbocycles. The van der Waals surface area contributed by atoms with E-state index in [-0.39, 0.29) is 24.7 Å². The average molecular weight is 286 g/mol. The minimum absolute atomic E-state index is 0.139. The largest absolute Gasteiger partial charge is 0.481 e. The highest BCUT2D eigenvalue weighted by molar-refractivity contribution is 5.76. The molecule has 0 aromatic rings. The summed E-state index contributed by atoms with van der Waals surface area (Å²) in [5, 5.41) is 14.6. The maximum absolute atomic E-state index is 11.7. The lowest BCUT2D eigenvalue weighted by molar-refractivity contribution is -0.142.